The van der Waals surface area contributed by atoms with Gasteiger partial charge in [-0.25, -0.2) is 0 Å². The maximum absolute atomic E-state index is 6.43. The van der Waals surface area contributed by atoms with Gasteiger partial charge < -0.3 is 9.05 Å². The lowest BCUT2D eigenvalue weighted by Crippen LogP contribution is -2.12. The molecule has 0 fully saturated rings. The first-order valence-electron chi connectivity index (χ1n) is 6.15. The standard InChI is InChI=1S/C11H20ClN2O2PS2/c1-5-7-8-19-11-9(12)10(13-14(11)6-2)17(18,15-3)16-4/h5-8H2,1-4H3. The number of rotatable bonds is 8. The van der Waals surface area contributed by atoms with Crippen molar-refractivity contribution in [1.82, 2.24) is 9.78 Å². The highest BCUT2D eigenvalue weighted by molar-refractivity contribution is 8.13. The summed E-state index contributed by atoms with van der Waals surface area (Å²) in [6.45, 7) is 2.37. The van der Waals surface area contributed by atoms with Crippen molar-refractivity contribution in [3.63, 3.8) is 0 Å². The maximum atomic E-state index is 6.43. The summed E-state index contributed by atoms with van der Waals surface area (Å²) in [4.78, 5) is 0. The molecule has 1 heterocycles. The van der Waals surface area contributed by atoms with E-state index >= 15 is 0 Å². The van der Waals surface area contributed by atoms with E-state index in [0.717, 1.165) is 30.2 Å². The first kappa shape index (κ1) is 17.5. The SMILES string of the molecule is CCCCSc1c(Cl)c(P(=S)(OC)OC)nn1CC. The van der Waals surface area contributed by atoms with Gasteiger partial charge in [0.05, 0.1) is 0 Å². The molecule has 19 heavy (non-hydrogen) atoms. The van der Waals surface area contributed by atoms with Crippen molar-refractivity contribution in [2.24, 2.45) is 0 Å². The molecule has 0 N–H and O–H groups in total. The van der Waals surface area contributed by atoms with Crippen molar-refractivity contribution >= 4 is 47.1 Å². The first-order chi connectivity index (χ1) is 9.03. The predicted octanol–water partition coefficient (Wildman–Crippen LogP) is 3.68. The van der Waals surface area contributed by atoms with E-state index < -0.39 is 6.49 Å². The zero-order chi connectivity index (χ0) is 14.5. The zero-order valence-corrected chi connectivity index (χ0v) is 15.0. The summed E-state index contributed by atoms with van der Waals surface area (Å²) >= 11 is 13.5. The highest BCUT2D eigenvalue weighted by atomic mass is 35.5. The normalized spacial score (nSPS) is 12.1. The Hall–Kier alpha value is 0.420. The van der Waals surface area contributed by atoms with Crippen LogP contribution < -0.4 is 5.44 Å². The molecule has 4 nitrogen and oxygen atoms in total. The zero-order valence-electron chi connectivity index (χ0n) is 11.7. The number of aryl methyl sites for hydroxylation is 1. The number of nitrogens with zero attached hydrogens (tertiary/aromatic N) is 2. The molecular weight excluding hydrogens is 323 g/mol. The Balaban J connectivity index is 3.12. The summed E-state index contributed by atoms with van der Waals surface area (Å²) in [5, 5.41) is 6.01. The number of halogens is 1. The summed E-state index contributed by atoms with van der Waals surface area (Å²) < 4.78 is 12.5. The Morgan fingerprint density at radius 1 is 1.37 bits per heavy atom. The lowest BCUT2D eigenvalue weighted by atomic mass is 10.4. The molecule has 0 aliphatic heterocycles. The molecule has 0 radical (unpaired) electrons. The maximum Gasteiger partial charge on any atom is 0.240 e. The topological polar surface area (TPSA) is 36.3 Å². The summed E-state index contributed by atoms with van der Waals surface area (Å²) in [7, 11) is 3.07. The van der Waals surface area contributed by atoms with Gasteiger partial charge in [0.1, 0.15) is 10.0 Å². The molecule has 0 spiro atoms. The third kappa shape index (κ3) is 3.96. The lowest BCUT2D eigenvalue weighted by molar-refractivity contribution is 0.346. The van der Waals surface area contributed by atoms with E-state index in [0.29, 0.717) is 10.5 Å². The quantitative estimate of drug-likeness (QED) is 0.409. The minimum Gasteiger partial charge on any atom is -0.328 e. The van der Waals surface area contributed by atoms with Gasteiger partial charge in [-0.2, -0.15) is 5.10 Å². The van der Waals surface area contributed by atoms with Crippen LogP contribution in [0.4, 0.5) is 0 Å². The number of hydrogen-bond donors (Lipinski definition) is 0. The predicted molar refractivity (Wildman–Crippen MR) is 86.5 cm³/mol. The highest BCUT2D eigenvalue weighted by Crippen LogP contribution is 2.48. The second-order valence-electron chi connectivity index (χ2n) is 3.82. The Bertz CT molecular complexity index is 460. The third-order valence-corrected chi connectivity index (χ3v) is 7.60. The van der Waals surface area contributed by atoms with Gasteiger partial charge in [-0.1, -0.05) is 24.9 Å². The molecule has 1 rings (SSSR count). The highest BCUT2D eigenvalue weighted by Gasteiger charge is 2.29. The van der Waals surface area contributed by atoms with Gasteiger partial charge in [0, 0.05) is 20.8 Å². The minimum absolute atomic E-state index is 0.565. The fourth-order valence-corrected chi connectivity index (χ4v) is 4.97. The first-order valence-corrected chi connectivity index (χ1v) is 10.1. The van der Waals surface area contributed by atoms with Gasteiger partial charge in [0.25, 0.3) is 0 Å². The van der Waals surface area contributed by atoms with Gasteiger partial charge in [-0.3, -0.25) is 4.68 Å². The van der Waals surface area contributed by atoms with Crippen LogP contribution in [-0.4, -0.2) is 29.8 Å². The molecule has 0 aliphatic rings. The van der Waals surface area contributed by atoms with Crippen LogP contribution in [0.2, 0.25) is 5.02 Å². The number of aromatic nitrogens is 2. The van der Waals surface area contributed by atoms with Crippen LogP contribution in [0, 0.1) is 0 Å². The molecule has 0 saturated heterocycles. The van der Waals surface area contributed by atoms with E-state index in [4.69, 9.17) is 32.5 Å². The summed E-state index contributed by atoms with van der Waals surface area (Å²) in [6.07, 6.45) is 2.31. The van der Waals surface area contributed by atoms with Crippen LogP contribution in [0.3, 0.4) is 0 Å². The fraction of sp³-hybridized carbons (Fsp3) is 0.727. The van der Waals surface area contributed by atoms with Crippen LogP contribution in [-0.2, 0) is 27.4 Å². The van der Waals surface area contributed by atoms with Crippen LogP contribution >= 0.6 is 29.9 Å². The van der Waals surface area contributed by atoms with Crippen molar-refractivity contribution in [2.75, 3.05) is 20.0 Å². The smallest absolute Gasteiger partial charge is 0.240 e. The van der Waals surface area contributed by atoms with E-state index in [-0.39, 0.29) is 0 Å². The van der Waals surface area contributed by atoms with Crippen LogP contribution in [0.5, 0.6) is 0 Å². The van der Waals surface area contributed by atoms with E-state index in [2.05, 4.69) is 12.0 Å². The van der Waals surface area contributed by atoms with Crippen LogP contribution in [0.25, 0.3) is 0 Å². The van der Waals surface area contributed by atoms with Gasteiger partial charge >= 0.3 is 0 Å². The molecule has 1 aromatic rings. The van der Waals surface area contributed by atoms with E-state index in [1.165, 1.54) is 14.2 Å². The van der Waals surface area contributed by atoms with Crippen molar-refractivity contribution in [3.05, 3.63) is 5.02 Å². The molecule has 0 bridgehead atoms. The largest absolute Gasteiger partial charge is 0.328 e. The summed E-state index contributed by atoms with van der Waals surface area (Å²) in [6, 6.07) is 0. The van der Waals surface area contributed by atoms with E-state index in [1.54, 1.807) is 11.8 Å². The van der Waals surface area contributed by atoms with Gasteiger partial charge in [0.2, 0.25) is 6.49 Å². The molecule has 0 amide bonds. The average molecular weight is 343 g/mol. The third-order valence-electron chi connectivity index (χ3n) is 2.61. The molecule has 0 aromatic carbocycles. The molecular formula is C11H20ClN2O2PS2. The van der Waals surface area contributed by atoms with Crippen LogP contribution in [0.1, 0.15) is 26.7 Å². The molecule has 0 unspecified atom stereocenters. The summed E-state index contributed by atoms with van der Waals surface area (Å²) in [5.74, 6) is 1.02. The van der Waals surface area contributed by atoms with Gasteiger partial charge in [0.15, 0.2) is 5.44 Å². The number of thioether (sulfide) groups is 1. The van der Waals surface area contributed by atoms with Crippen LogP contribution in [0.15, 0.2) is 5.03 Å². The monoisotopic (exact) mass is 342 g/mol. The van der Waals surface area contributed by atoms with Gasteiger partial charge in [-0.05, 0) is 30.9 Å². The Morgan fingerprint density at radius 2 is 2.00 bits per heavy atom. The van der Waals surface area contributed by atoms with Crippen molar-refractivity contribution in [3.8, 4) is 0 Å². The second kappa shape index (κ2) is 8.01. The van der Waals surface area contributed by atoms with E-state index in [1.807, 2.05) is 11.6 Å². The molecule has 0 aliphatic carbocycles. The molecule has 110 valence electrons. The minimum atomic E-state index is -2.57. The summed E-state index contributed by atoms with van der Waals surface area (Å²) in [5.41, 5.74) is 0.565. The Labute approximate surface area is 129 Å². The average Bonchev–Trinajstić information content (AvgIpc) is 2.76. The molecule has 0 atom stereocenters. The number of unbranched alkanes of at least 4 members (excludes halogenated alkanes) is 1. The Kier molecular flexibility index (Phi) is 7.36. The van der Waals surface area contributed by atoms with Crippen molar-refractivity contribution < 1.29 is 9.05 Å². The van der Waals surface area contributed by atoms with E-state index in [9.17, 15) is 0 Å². The van der Waals surface area contributed by atoms with Crippen molar-refractivity contribution in [1.29, 1.82) is 0 Å². The second-order valence-corrected chi connectivity index (χ2v) is 8.88. The van der Waals surface area contributed by atoms with Gasteiger partial charge in [-0.15, -0.1) is 11.8 Å². The Morgan fingerprint density at radius 3 is 2.47 bits per heavy atom. The van der Waals surface area contributed by atoms with Crippen molar-refractivity contribution in [2.45, 2.75) is 38.3 Å². The lowest BCUT2D eigenvalue weighted by Gasteiger charge is -2.15. The fourth-order valence-electron chi connectivity index (χ4n) is 1.50. The molecule has 1 aromatic heterocycles. The molecule has 0 saturated carbocycles. The molecule has 8 heteroatoms. The number of hydrogen-bond acceptors (Lipinski definition) is 5.